The first-order valence-electron chi connectivity index (χ1n) is 8.86. The number of anilines is 1. The number of nitrogens with zero attached hydrogens (tertiary/aromatic N) is 2. The molecule has 1 heterocycles. The molecule has 0 radical (unpaired) electrons. The lowest BCUT2D eigenvalue weighted by Gasteiger charge is -2.09. The van der Waals surface area contributed by atoms with Gasteiger partial charge in [0, 0.05) is 16.3 Å². The summed E-state index contributed by atoms with van der Waals surface area (Å²) >= 11 is 5.85. The Balaban J connectivity index is 1.47. The third kappa shape index (κ3) is 4.62. The van der Waals surface area contributed by atoms with Crippen molar-refractivity contribution in [1.82, 2.24) is 10.1 Å². The van der Waals surface area contributed by atoms with Gasteiger partial charge in [-0.15, -0.1) is 0 Å². The first kappa shape index (κ1) is 18.7. The Hall–Kier alpha value is -3.64. The summed E-state index contributed by atoms with van der Waals surface area (Å²) in [7, 11) is 0. The van der Waals surface area contributed by atoms with Crippen molar-refractivity contribution in [3.63, 3.8) is 0 Å². The van der Waals surface area contributed by atoms with Crippen molar-refractivity contribution < 1.29 is 14.1 Å². The molecule has 0 aliphatic carbocycles. The monoisotopic (exact) mass is 405 g/mol. The van der Waals surface area contributed by atoms with Gasteiger partial charge in [0.2, 0.25) is 5.82 Å². The van der Waals surface area contributed by atoms with Gasteiger partial charge in [0.1, 0.15) is 5.75 Å². The van der Waals surface area contributed by atoms with E-state index in [0.717, 1.165) is 5.56 Å². The van der Waals surface area contributed by atoms with Crippen LogP contribution in [-0.2, 0) is 4.79 Å². The van der Waals surface area contributed by atoms with Crippen molar-refractivity contribution >= 4 is 23.2 Å². The van der Waals surface area contributed by atoms with Crippen LogP contribution in [0.4, 0.5) is 5.69 Å². The number of hydrogen-bond donors (Lipinski definition) is 1. The number of benzene rings is 3. The molecule has 4 rings (SSSR count). The second kappa shape index (κ2) is 8.58. The lowest BCUT2D eigenvalue weighted by Crippen LogP contribution is -2.20. The molecule has 0 fully saturated rings. The highest BCUT2D eigenvalue weighted by Crippen LogP contribution is 2.30. The number of hydrogen-bond acceptors (Lipinski definition) is 5. The van der Waals surface area contributed by atoms with Gasteiger partial charge in [0.25, 0.3) is 11.8 Å². The highest BCUT2D eigenvalue weighted by molar-refractivity contribution is 6.30. The van der Waals surface area contributed by atoms with Gasteiger partial charge in [0.05, 0.1) is 5.56 Å². The molecule has 0 saturated carbocycles. The van der Waals surface area contributed by atoms with E-state index in [2.05, 4.69) is 15.5 Å². The molecule has 6 nitrogen and oxygen atoms in total. The summed E-state index contributed by atoms with van der Waals surface area (Å²) in [6.07, 6.45) is 0. The van der Waals surface area contributed by atoms with Gasteiger partial charge in [-0.2, -0.15) is 4.98 Å². The molecule has 0 spiro atoms. The van der Waals surface area contributed by atoms with Gasteiger partial charge < -0.3 is 14.6 Å². The predicted octanol–water partition coefficient (Wildman–Crippen LogP) is 5.07. The SMILES string of the molecule is O=C(COc1ccccc1-c1nc(-c2ccccc2)no1)Nc1ccc(Cl)cc1. The Morgan fingerprint density at radius 2 is 1.69 bits per heavy atom. The highest BCUT2D eigenvalue weighted by atomic mass is 35.5. The fourth-order valence-electron chi connectivity index (χ4n) is 2.68. The summed E-state index contributed by atoms with van der Waals surface area (Å²) < 4.78 is 11.1. The molecule has 1 N–H and O–H groups in total. The van der Waals surface area contributed by atoms with E-state index in [1.165, 1.54) is 0 Å². The topological polar surface area (TPSA) is 77.2 Å². The summed E-state index contributed by atoms with van der Waals surface area (Å²) in [6, 6.07) is 23.6. The van der Waals surface area contributed by atoms with E-state index >= 15 is 0 Å². The van der Waals surface area contributed by atoms with Crippen LogP contribution in [0.2, 0.25) is 5.02 Å². The van der Waals surface area contributed by atoms with Crippen molar-refractivity contribution in [2.75, 3.05) is 11.9 Å². The molecule has 1 amide bonds. The highest BCUT2D eigenvalue weighted by Gasteiger charge is 2.15. The standard InChI is InChI=1S/C22H16ClN3O3/c23-16-10-12-17(13-11-16)24-20(27)14-28-19-9-5-4-8-18(19)22-25-21(26-29-22)15-6-2-1-3-7-15/h1-13H,14H2,(H,24,27). The lowest BCUT2D eigenvalue weighted by atomic mass is 10.2. The molecule has 4 aromatic rings. The fraction of sp³-hybridized carbons (Fsp3) is 0.0455. The molecule has 0 atom stereocenters. The number of aromatic nitrogens is 2. The van der Waals surface area contributed by atoms with Gasteiger partial charge in [0.15, 0.2) is 6.61 Å². The molecule has 0 aliphatic rings. The zero-order chi connectivity index (χ0) is 20.1. The summed E-state index contributed by atoms with van der Waals surface area (Å²) in [5, 5.41) is 7.38. The van der Waals surface area contributed by atoms with Crippen LogP contribution >= 0.6 is 11.6 Å². The van der Waals surface area contributed by atoms with Crippen molar-refractivity contribution in [1.29, 1.82) is 0 Å². The van der Waals surface area contributed by atoms with E-state index in [1.807, 2.05) is 42.5 Å². The number of para-hydroxylation sites is 1. The molecule has 3 aromatic carbocycles. The first-order chi connectivity index (χ1) is 14.2. The lowest BCUT2D eigenvalue weighted by molar-refractivity contribution is -0.118. The van der Waals surface area contributed by atoms with Gasteiger partial charge in [-0.25, -0.2) is 0 Å². The second-order valence-corrected chi connectivity index (χ2v) is 6.57. The summed E-state index contributed by atoms with van der Waals surface area (Å²) in [4.78, 5) is 16.6. The van der Waals surface area contributed by atoms with Gasteiger partial charge in [-0.1, -0.05) is 59.2 Å². The Morgan fingerprint density at radius 3 is 2.48 bits per heavy atom. The van der Waals surface area contributed by atoms with Crippen LogP contribution < -0.4 is 10.1 Å². The second-order valence-electron chi connectivity index (χ2n) is 6.13. The van der Waals surface area contributed by atoms with E-state index in [0.29, 0.717) is 33.7 Å². The van der Waals surface area contributed by atoms with E-state index < -0.39 is 0 Å². The minimum Gasteiger partial charge on any atom is -0.483 e. The number of rotatable bonds is 6. The van der Waals surface area contributed by atoms with E-state index in [-0.39, 0.29) is 12.5 Å². The molecule has 0 saturated heterocycles. The average molecular weight is 406 g/mol. The largest absolute Gasteiger partial charge is 0.483 e. The van der Waals surface area contributed by atoms with E-state index in [1.54, 1.807) is 36.4 Å². The molecule has 0 unspecified atom stereocenters. The maximum absolute atomic E-state index is 12.2. The molecule has 144 valence electrons. The Labute approximate surface area is 172 Å². The van der Waals surface area contributed by atoms with Crippen molar-refractivity contribution in [3.8, 4) is 28.6 Å². The normalized spacial score (nSPS) is 10.5. The van der Waals surface area contributed by atoms with Crippen molar-refractivity contribution in [2.45, 2.75) is 0 Å². The molecule has 7 heteroatoms. The molecule has 0 bridgehead atoms. The quantitative estimate of drug-likeness (QED) is 0.484. The van der Waals surface area contributed by atoms with Gasteiger partial charge in [-0.3, -0.25) is 4.79 Å². The zero-order valence-corrected chi connectivity index (χ0v) is 16.0. The minimum absolute atomic E-state index is 0.167. The smallest absolute Gasteiger partial charge is 0.262 e. The van der Waals surface area contributed by atoms with E-state index in [4.69, 9.17) is 20.9 Å². The minimum atomic E-state index is -0.294. The summed E-state index contributed by atoms with van der Waals surface area (Å²) in [6.45, 7) is -0.167. The van der Waals surface area contributed by atoms with E-state index in [9.17, 15) is 4.79 Å². The van der Waals surface area contributed by atoms with Crippen LogP contribution in [0.25, 0.3) is 22.8 Å². The number of ether oxygens (including phenoxy) is 1. The summed E-state index contributed by atoms with van der Waals surface area (Å²) in [5.41, 5.74) is 2.10. The van der Waals surface area contributed by atoms with Crippen LogP contribution in [-0.4, -0.2) is 22.7 Å². The predicted molar refractivity (Wildman–Crippen MR) is 111 cm³/mol. The number of carbonyl (C=O) groups is 1. The average Bonchev–Trinajstić information content (AvgIpc) is 3.25. The number of carbonyl (C=O) groups excluding carboxylic acids is 1. The van der Waals surface area contributed by atoms with Crippen molar-refractivity contribution in [3.05, 3.63) is 83.9 Å². The van der Waals surface area contributed by atoms with Crippen LogP contribution in [0.3, 0.4) is 0 Å². The molecular weight excluding hydrogens is 390 g/mol. The van der Waals surface area contributed by atoms with Crippen LogP contribution in [0.1, 0.15) is 0 Å². The third-order valence-corrected chi connectivity index (χ3v) is 4.31. The van der Waals surface area contributed by atoms with Gasteiger partial charge in [-0.05, 0) is 36.4 Å². The molecule has 29 heavy (non-hydrogen) atoms. The van der Waals surface area contributed by atoms with Crippen LogP contribution in [0.5, 0.6) is 5.75 Å². The number of amides is 1. The summed E-state index contributed by atoms with van der Waals surface area (Å²) in [5.74, 6) is 0.980. The third-order valence-electron chi connectivity index (χ3n) is 4.06. The number of nitrogens with one attached hydrogen (secondary N) is 1. The molecule has 0 aliphatic heterocycles. The fourth-order valence-corrected chi connectivity index (χ4v) is 2.81. The zero-order valence-electron chi connectivity index (χ0n) is 15.2. The van der Waals surface area contributed by atoms with Crippen LogP contribution in [0, 0.1) is 0 Å². The Morgan fingerprint density at radius 1 is 0.966 bits per heavy atom. The van der Waals surface area contributed by atoms with Crippen molar-refractivity contribution in [2.24, 2.45) is 0 Å². The molecule has 1 aromatic heterocycles. The number of halogens is 1. The maximum atomic E-state index is 12.2. The van der Waals surface area contributed by atoms with Crippen LogP contribution in [0.15, 0.2) is 83.4 Å². The van der Waals surface area contributed by atoms with Gasteiger partial charge >= 0.3 is 0 Å². The first-order valence-corrected chi connectivity index (χ1v) is 9.23. The Kier molecular flexibility index (Phi) is 5.54. The maximum Gasteiger partial charge on any atom is 0.262 e. The molecular formula is C22H16ClN3O3. The Bertz CT molecular complexity index is 1110.